The fraction of sp³-hybridized carbons (Fsp3) is 0.778. The quantitative estimate of drug-likeness (QED) is 0.599. The zero-order valence-electron chi connectivity index (χ0n) is 9.23. The third kappa shape index (κ3) is 4.16. The highest BCUT2D eigenvalue weighted by Crippen LogP contribution is 1.98. The molecule has 0 aliphatic carbocycles. The third-order valence-corrected chi connectivity index (χ3v) is 2.25. The Kier molecular flexibility index (Phi) is 5.69. The van der Waals surface area contributed by atoms with E-state index in [-0.39, 0.29) is 12.6 Å². The zero-order chi connectivity index (χ0) is 12.0. The van der Waals surface area contributed by atoms with Crippen LogP contribution >= 0.6 is 0 Å². The Morgan fingerprint density at radius 3 is 2.33 bits per heavy atom. The Labute approximate surface area is 88.9 Å². The van der Waals surface area contributed by atoms with Crippen molar-refractivity contribution in [2.24, 2.45) is 0 Å². The van der Waals surface area contributed by atoms with Crippen LogP contribution in [0.2, 0.25) is 0 Å². The second-order valence-corrected chi connectivity index (χ2v) is 3.39. The van der Waals surface area contributed by atoms with Crippen molar-refractivity contribution in [3.05, 3.63) is 0 Å². The second-order valence-electron chi connectivity index (χ2n) is 3.39. The van der Waals surface area contributed by atoms with E-state index in [9.17, 15) is 9.59 Å². The van der Waals surface area contributed by atoms with Gasteiger partial charge in [0.1, 0.15) is 6.04 Å². The number of nitrogens with one attached hydrogen (secondary N) is 1. The van der Waals surface area contributed by atoms with Gasteiger partial charge >= 0.3 is 12.0 Å². The van der Waals surface area contributed by atoms with E-state index in [4.69, 9.17) is 10.2 Å². The summed E-state index contributed by atoms with van der Waals surface area (Å²) in [6.45, 7) is 3.18. The van der Waals surface area contributed by atoms with Crippen LogP contribution in [0.25, 0.3) is 0 Å². The van der Waals surface area contributed by atoms with Crippen molar-refractivity contribution in [3.8, 4) is 0 Å². The molecule has 0 aliphatic rings. The highest BCUT2D eigenvalue weighted by molar-refractivity contribution is 5.82. The van der Waals surface area contributed by atoms with Gasteiger partial charge in [-0.3, -0.25) is 0 Å². The summed E-state index contributed by atoms with van der Waals surface area (Å²) < 4.78 is 0. The number of carboxylic acids is 1. The number of amides is 2. The number of urea groups is 1. The minimum atomic E-state index is -1.06. The molecule has 0 rings (SSSR count). The summed E-state index contributed by atoms with van der Waals surface area (Å²) in [4.78, 5) is 23.4. The maximum Gasteiger partial charge on any atom is 0.326 e. The summed E-state index contributed by atoms with van der Waals surface area (Å²) in [6, 6.07) is -1.71. The van der Waals surface area contributed by atoms with Crippen LogP contribution in [0.5, 0.6) is 0 Å². The molecule has 0 bridgehead atoms. The van der Waals surface area contributed by atoms with Gasteiger partial charge in [0.2, 0.25) is 0 Å². The number of aliphatic hydroxyl groups is 1. The molecule has 1 unspecified atom stereocenters. The molecular formula is C9H18N2O4. The number of rotatable bonds is 5. The Morgan fingerprint density at radius 2 is 2.00 bits per heavy atom. The van der Waals surface area contributed by atoms with Crippen molar-refractivity contribution in [1.82, 2.24) is 10.2 Å². The van der Waals surface area contributed by atoms with Crippen LogP contribution in [0.1, 0.15) is 20.3 Å². The third-order valence-electron chi connectivity index (χ3n) is 2.25. The van der Waals surface area contributed by atoms with E-state index in [1.165, 1.54) is 11.9 Å². The highest BCUT2D eigenvalue weighted by Gasteiger charge is 2.21. The Bertz CT molecular complexity index is 232. The van der Waals surface area contributed by atoms with Crippen LogP contribution in [0.4, 0.5) is 4.79 Å². The van der Waals surface area contributed by atoms with E-state index in [0.29, 0.717) is 6.42 Å². The van der Waals surface area contributed by atoms with Gasteiger partial charge in [-0.1, -0.05) is 6.92 Å². The molecule has 88 valence electrons. The van der Waals surface area contributed by atoms with Gasteiger partial charge in [0.05, 0.1) is 12.6 Å². The van der Waals surface area contributed by atoms with Crippen LogP contribution in [-0.4, -0.2) is 52.9 Å². The largest absolute Gasteiger partial charge is 0.480 e. The smallest absolute Gasteiger partial charge is 0.326 e. The van der Waals surface area contributed by atoms with Gasteiger partial charge in [0.25, 0.3) is 0 Å². The molecule has 2 atom stereocenters. The average molecular weight is 218 g/mol. The van der Waals surface area contributed by atoms with E-state index in [1.54, 1.807) is 13.8 Å². The van der Waals surface area contributed by atoms with Crippen molar-refractivity contribution in [3.63, 3.8) is 0 Å². The molecule has 2 amide bonds. The van der Waals surface area contributed by atoms with Crippen LogP contribution in [0.3, 0.4) is 0 Å². The SMILES string of the molecule is CC[C@H](NC(=O)N(C)C(C)CO)C(=O)O. The van der Waals surface area contributed by atoms with Gasteiger partial charge < -0.3 is 20.4 Å². The van der Waals surface area contributed by atoms with Crippen molar-refractivity contribution < 1.29 is 19.8 Å². The first kappa shape index (κ1) is 13.7. The molecule has 3 N–H and O–H groups in total. The molecule has 15 heavy (non-hydrogen) atoms. The summed E-state index contributed by atoms with van der Waals surface area (Å²) in [5.74, 6) is -1.06. The van der Waals surface area contributed by atoms with Crippen molar-refractivity contribution >= 4 is 12.0 Å². The molecule has 0 saturated carbocycles. The topological polar surface area (TPSA) is 89.9 Å². The molecule has 0 aromatic rings. The van der Waals surface area contributed by atoms with Gasteiger partial charge in [-0.25, -0.2) is 9.59 Å². The number of carbonyl (C=O) groups is 2. The van der Waals surface area contributed by atoms with Gasteiger partial charge in [0.15, 0.2) is 0 Å². The second kappa shape index (κ2) is 6.23. The molecule has 0 heterocycles. The number of hydrogen-bond acceptors (Lipinski definition) is 3. The maximum absolute atomic E-state index is 11.5. The summed E-state index contributed by atoms with van der Waals surface area (Å²) in [6.07, 6.45) is 0.322. The van der Waals surface area contributed by atoms with Gasteiger partial charge in [-0.15, -0.1) is 0 Å². The predicted octanol–water partition coefficient (Wildman–Crippen LogP) is -0.128. The van der Waals surface area contributed by atoms with E-state index in [2.05, 4.69) is 5.32 Å². The van der Waals surface area contributed by atoms with Gasteiger partial charge in [-0.05, 0) is 13.3 Å². The van der Waals surface area contributed by atoms with Crippen LogP contribution < -0.4 is 5.32 Å². The molecule has 0 fully saturated rings. The molecule has 0 aromatic heterocycles. The Morgan fingerprint density at radius 1 is 1.47 bits per heavy atom. The summed E-state index contributed by atoms with van der Waals surface area (Å²) in [7, 11) is 1.50. The first-order valence-electron chi connectivity index (χ1n) is 4.81. The highest BCUT2D eigenvalue weighted by atomic mass is 16.4. The van der Waals surface area contributed by atoms with Crippen molar-refractivity contribution in [1.29, 1.82) is 0 Å². The van der Waals surface area contributed by atoms with Crippen LogP contribution in [0.15, 0.2) is 0 Å². The monoisotopic (exact) mass is 218 g/mol. The van der Waals surface area contributed by atoms with E-state index in [0.717, 1.165) is 0 Å². The lowest BCUT2D eigenvalue weighted by Gasteiger charge is -2.25. The lowest BCUT2D eigenvalue weighted by molar-refractivity contribution is -0.139. The van der Waals surface area contributed by atoms with Gasteiger partial charge in [-0.2, -0.15) is 0 Å². The van der Waals surface area contributed by atoms with E-state index >= 15 is 0 Å². The Hall–Kier alpha value is -1.30. The molecule has 0 aliphatic heterocycles. The normalized spacial score (nSPS) is 14.1. The first-order chi connectivity index (χ1) is 6.93. The van der Waals surface area contributed by atoms with E-state index < -0.39 is 18.0 Å². The number of nitrogens with zero attached hydrogens (tertiary/aromatic N) is 1. The summed E-state index contributed by atoms with van der Waals surface area (Å²) in [5, 5.41) is 19.9. The molecule has 0 radical (unpaired) electrons. The van der Waals surface area contributed by atoms with Crippen molar-refractivity contribution in [2.45, 2.75) is 32.4 Å². The predicted molar refractivity (Wildman–Crippen MR) is 54.6 cm³/mol. The summed E-state index contributed by atoms with van der Waals surface area (Å²) >= 11 is 0. The van der Waals surface area contributed by atoms with Crippen LogP contribution in [0, 0.1) is 0 Å². The number of aliphatic hydroxyl groups excluding tert-OH is 1. The molecule has 0 spiro atoms. The van der Waals surface area contributed by atoms with Gasteiger partial charge in [0, 0.05) is 7.05 Å². The first-order valence-corrected chi connectivity index (χ1v) is 4.81. The minimum absolute atomic E-state index is 0.159. The zero-order valence-corrected chi connectivity index (χ0v) is 9.23. The number of carbonyl (C=O) groups excluding carboxylic acids is 1. The summed E-state index contributed by atoms with van der Waals surface area (Å²) in [5.41, 5.74) is 0. The van der Waals surface area contributed by atoms with Crippen LogP contribution in [-0.2, 0) is 4.79 Å². The lowest BCUT2D eigenvalue weighted by atomic mass is 10.2. The molecule has 0 saturated heterocycles. The maximum atomic E-state index is 11.5. The minimum Gasteiger partial charge on any atom is -0.480 e. The number of hydrogen-bond donors (Lipinski definition) is 3. The lowest BCUT2D eigenvalue weighted by Crippen LogP contribution is -2.49. The fourth-order valence-electron chi connectivity index (χ4n) is 0.912. The molecule has 6 nitrogen and oxygen atoms in total. The number of carboxylic acid groups (broad SMARTS) is 1. The molecule has 0 aromatic carbocycles. The standard InChI is InChI=1S/C9H18N2O4/c1-4-7(8(13)14)10-9(15)11(3)6(2)5-12/h6-7,12H,4-5H2,1-3H3,(H,10,15)(H,13,14)/t6?,7-/m0/s1. The molecular weight excluding hydrogens is 200 g/mol. The fourth-order valence-corrected chi connectivity index (χ4v) is 0.912. The van der Waals surface area contributed by atoms with E-state index in [1.807, 2.05) is 0 Å². The number of likely N-dealkylation sites (N-methyl/N-ethyl adjacent to an activating group) is 1. The van der Waals surface area contributed by atoms with Crippen molar-refractivity contribution in [2.75, 3.05) is 13.7 Å². The average Bonchev–Trinajstić information content (AvgIpc) is 2.22. The Balaban J connectivity index is 4.28. The molecule has 6 heteroatoms. The number of aliphatic carboxylic acids is 1.